The number of carboxylic acid groups (broad SMARTS) is 1. The van der Waals surface area contributed by atoms with Crippen LogP contribution in [0.4, 0.5) is 10.2 Å². The van der Waals surface area contributed by atoms with Gasteiger partial charge in [-0.25, -0.2) is 14.2 Å². The summed E-state index contributed by atoms with van der Waals surface area (Å²) < 4.78 is 12.9. The summed E-state index contributed by atoms with van der Waals surface area (Å²) in [5.74, 6) is -1.63. The van der Waals surface area contributed by atoms with Crippen LogP contribution >= 0.6 is 0 Å². The molecule has 5 nitrogen and oxygen atoms in total. The van der Waals surface area contributed by atoms with E-state index in [9.17, 15) is 9.18 Å². The van der Waals surface area contributed by atoms with E-state index >= 15 is 0 Å². The normalized spacial score (nSPS) is 11.1. The van der Waals surface area contributed by atoms with Crippen molar-refractivity contribution in [3.8, 4) is 0 Å². The van der Waals surface area contributed by atoms with Crippen LogP contribution in [-0.2, 0) is 0 Å². The summed E-state index contributed by atoms with van der Waals surface area (Å²) in [6, 6.07) is 1.44. The Labute approximate surface area is 112 Å². The molecule has 19 heavy (non-hydrogen) atoms. The number of aromatic carboxylic acids is 1. The third-order valence-corrected chi connectivity index (χ3v) is 2.95. The van der Waals surface area contributed by atoms with Gasteiger partial charge in [0, 0.05) is 12.6 Å². The Hall–Kier alpha value is -1.69. The van der Waals surface area contributed by atoms with Gasteiger partial charge in [0.2, 0.25) is 0 Å². The Bertz CT molecular complexity index is 438. The lowest BCUT2D eigenvalue weighted by atomic mass is 10.2. The van der Waals surface area contributed by atoms with Crippen LogP contribution in [0.3, 0.4) is 0 Å². The summed E-state index contributed by atoms with van der Waals surface area (Å²) >= 11 is 0. The lowest BCUT2D eigenvalue weighted by Crippen LogP contribution is -2.28. The number of aromatic nitrogens is 1. The second kappa shape index (κ2) is 7.04. The molecule has 0 amide bonds. The fourth-order valence-corrected chi connectivity index (χ4v) is 1.54. The molecule has 0 aliphatic heterocycles. The van der Waals surface area contributed by atoms with Crippen LogP contribution in [0.15, 0.2) is 12.3 Å². The molecule has 0 aliphatic carbocycles. The molecule has 0 saturated carbocycles. The zero-order valence-corrected chi connectivity index (χ0v) is 11.5. The minimum Gasteiger partial charge on any atom is -0.478 e. The maximum Gasteiger partial charge on any atom is 0.339 e. The largest absolute Gasteiger partial charge is 0.478 e. The van der Waals surface area contributed by atoms with E-state index in [1.54, 1.807) is 0 Å². The standard InChI is InChI=1S/C13H20FN3O2/c1-9(2)17(3)6-4-5-15-12-11(13(18)19)7-10(14)8-16-12/h7-9H,4-6H2,1-3H3,(H,15,16)(H,18,19). The first kappa shape index (κ1) is 15.4. The van der Waals surface area contributed by atoms with Crippen LogP contribution in [0.5, 0.6) is 0 Å². The van der Waals surface area contributed by atoms with Crippen LogP contribution < -0.4 is 5.32 Å². The van der Waals surface area contributed by atoms with Gasteiger partial charge in [-0.3, -0.25) is 0 Å². The van der Waals surface area contributed by atoms with Crippen molar-refractivity contribution in [3.05, 3.63) is 23.6 Å². The molecule has 0 saturated heterocycles. The van der Waals surface area contributed by atoms with Crippen LogP contribution in [-0.4, -0.2) is 47.1 Å². The van der Waals surface area contributed by atoms with Gasteiger partial charge in [0.15, 0.2) is 0 Å². The zero-order chi connectivity index (χ0) is 14.4. The Kier molecular flexibility index (Phi) is 5.69. The topological polar surface area (TPSA) is 65.5 Å². The average Bonchev–Trinajstić information content (AvgIpc) is 2.35. The number of nitrogens with zero attached hydrogens (tertiary/aromatic N) is 2. The molecule has 1 aromatic rings. The highest BCUT2D eigenvalue weighted by atomic mass is 19.1. The van der Waals surface area contributed by atoms with Crippen molar-refractivity contribution in [1.29, 1.82) is 0 Å². The van der Waals surface area contributed by atoms with Crippen molar-refractivity contribution < 1.29 is 14.3 Å². The molecule has 0 fully saturated rings. The van der Waals surface area contributed by atoms with Gasteiger partial charge in [0.25, 0.3) is 0 Å². The van der Waals surface area contributed by atoms with Gasteiger partial charge in [0.05, 0.1) is 6.20 Å². The zero-order valence-electron chi connectivity index (χ0n) is 11.5. The number of carboxylic acids is 1. The molecule has 0 aliphatic rings. The smallest absolute Gasteiger partial charge is 0.339 e. The van der Waals surface area contributed by atoms with E-state index in [0.717, 1.165) is 25.2 Å². The van der Waals surface area contributed by atoms with Crippen molar-refractivity contribution in [2.75, 3.05) is 25.5 Å². The number of carbonyl (C=O) groups is 1. The summed E-state index contributed by atoms with van der Waals surface area (Å²) in [5, 5.41) is 11.9. The summed E-state index contributed by atoms with van der Waals surface area (Å²) in [5.41, 5.74) is -0.141. The number of rotatable bonds is 7. The first-order valence-electron chi connectivity index (χ1n) is 6.24. The van der Waals surface area contributed by atoms with Crippen molar-refractivity contribution in [3.63, 3.8) is 0 Å². The molecule has 6 heteroatoms. The number of halogens is 1. The predicted octanol–water partition coefficient (Wildman–Crippen LogP) is 2.06. The van der Waals surface area contributed by atoms with E-state index in [4.69, 9.17) is 5.11 Å². The Morgan fingerprint density at radius 1 is 1.58 bits per heavy atom. The predicted molar refractivity (Wildman–Crippen MR) is 72.0 cm³/mol. The minimum absolute atomic E-state index is 0.141. The quantitative estimate of drug-likeness (QED) is 0.742. The van der Waals surface area contributed by atoms with Crippen molar-refractivity contribution in [2.45, 2.75) is 26.3 Å². The van der Waals surface area contributed by atoms with E-state index < -0.39 is 11.8 Å². The fraction of sp³-hybridized carbons (Fsp3) is 0.538. The first-order valence-corrected chi connectivity index (χ1v) is 6.24. The fourth-order valence-electron chi connectivity index (χ4n) is 1.54. The van der Waals surface area contributed by atoms with Gasteiger partial charge in [-0.15, -0.1) is 0 Å². The van der Waals surface area contributed by atoms with Gasteiger partial charge in [0.1, 0.15) is 17.2 Å². The maximum atomic E-state index is 12.9. The van der Waals surface area contributed by atoms with Crippen LogP contribution in [0, 0.1) is 5.82 Å². The molecule has 0 spiro atoms. The summed E-state index contributed by atoms with van der Waals surface area (Å²) in [6.45, 7) is 5.71. The molecular weight excluding hydrogens is 249 g/mol. The first-order chi connectivity index (χ1) is 8.91. The molecule has 0 atom stereocenters. The lowest BCUT2D eigenvalue weighted by molar-refractivity contribution is 0.0697. The van der Waals surface area contributed by atoms with Crippen LogP contribution in [0.25, 0.3) is 0 Å². The molecule has 0 radical (unpaired) electrons. The van der Waals surface area contributed by atoms with Crippen LogP contribution in [0.1, 0.15) is 30.6 Å². The van der Waals surface area contributed by atoms with E-state index in [-0.39, 0.29) is 11.4 Å². The second-order valence-corrected chi connectivity index (χ2v) is 4.71. The van der Waals surface area contributed by atoms with Gasteiger partial charge in [-0.2, -0.15) is 0 Å². The third-order valence-electron chi connectivity index (χ3n) is 2.95. The van der Waals surface area contributed by atoms with Gasteiger partial charge in [-0.1, -0.05) is 0 Å². The maximum absolute atomic E-state index is 12.9. The number of pyridine rings is 1. The lowest BCUT2D eigenvalue weighted by Gasteiger charge is -2.20. The summed E-state index contributed by atoms with van der Waals surface area (Å²) in [7, 11) is 2.03. The number of anilines is 1. The molecule has 106 valence electrons. The Morgan fingerprint density at radius 2 is 2.26 bits per heavy atom. The molecule has 1 rings (SSSR count). The number of nitrogens with one attached hydrogen (secondary N) is 1. The van der Waals surface area contributed by atoms with Crippen molar-refractivity contribution in [2.24, 2.45) is 0 Å². The van der Waals surface area contributed by atoms with Crippen molar-refractivity contribution >= 4 is 11.8 Å². The highest BCUT2D eigenvalue weighted by molar-refractivity contribution is 5.93. The second-order valence-electron chi connectivity index (χ2n) is 4.71. The average molecular weight is 269 g/mol. The van der Waals surface area contributed by atoms with Gasteiger partial charge in [-0.05, 0) is 39.9 Å². The van der Waals surface area contributed by atoms with Gasteiger partial charge < -0.3 is 15.3 Å². The molecule has 0 aromatic carbocycles. The molecule has 0 unspecified atom stereocenters. The van der Waals surface area contributed by atoms with Gasteiger partial charge >= 0.3 is 5.97 Å². The monoisotopic (exact) mass is 269 g/mol. The number of hydrogen-bond donors (Lipinski definition) is 2. The molecule has 1 aromatic heterocycles. The number of hydrogen-bond acceptors (Lipinski definition) is 4. The minimum atomic E-state index is -1.19. The molecular formula is C13H20FN3O2. The molecule has 2 N–H and O–H groups in total. The third kappa shape index (κ3) is 4.82. The van der Waals surface area contributed by atoms with Crippen molar-refractivity contribution in [1.82, 2.24) is 9.88 Å². The van der Waals surface area contributed by atoms with E-state index in [2.05, 4.69) is 29.0 Å². The highest BCUT2D eigenvalue weighted by Gasteiger charge is 2.12. The van der Waals surface area contributed by atoms with E-state index in [0.29, 0.717) is 12.6 Å². The molecule has 1 heterocycles. The Morgan fingerprint density at radius 3 is 2.84 bits per heavy atom. The molecule has 0 bridgehead atoms. The SMILES string of the molecule is CC(C)N(C)CCCNc1ncc(F)cc1C(=O)O. The van der Waals surface area contributed by atoms with Crippen LogP contribution in [0.2, 0.25) is 0 Å². The van der Waals surface area contributed by atoms with E-state index in [1.807, 2.05) is 7.05 Å². The summed E-state index contributed by atoms with van der Waals surface area (Å²) in [4.78, 5) is 16.9. The highest BCUT2D eigenvalue weighted by Crippen LogP contribution is 2.13. The van der Waals surface area contributed by atoms with E-state index in [1.165, 1.54) is 0 Å². The Balaban J connectivity index is 2.52. The summed E-state index contributed by atoms with van der Waals surface area (Å²) in [6.07, 6.45) is 1.86.